The topological polar surface area (TPSA) is 104 Å². The first-order valence-electron chi connectivity index (χ1n) is 7.20. The van der Waals surface area contributed by atoms with Crippen LogP contribution in [0.4, 0.5) is 0 Å². The standard InChI is InChI=1S/C13H25N3O4S/c1-9(2)7-15-13(18)10(3)16-12(17)6-11-8-21(19,20)5-4-14-11/h9-11,14H,4-8H2,1-3H3,(H,15,18)(H,16,17). The van der Waals surface area contributed by atoms with E-state index in [-0.39, 0.29) is 35.8 Å². The number of rotatable bonds is 6. The van der Waals surface area contributed by atoms with E-state index in [1.165, 1.54) is 0 Å². The van der Waals surface area contributed by atoms with Gasteiger partial charge in [0, 0.05) is 25.6 Å². The highest BCUT2D eigenvalue weighted by Gasteiger charge is 2.26. The highest BCUT2D eigenvalue weighted by atomic mass is 32.2. The molecule has 1 rings (SSSR count). The Morgan fingerprint density at radius 2 is 1.95 bits per heavy atom. The Morgan fingerprint density at radius 3 is 2.52 bits per heavy atom. The zero-order chi connectivity index (χ0) is 16.0. The molecule has 0 bridgehead atoms. The fraction of sp³-hybridized carbons (Fsp3) is 0.846. The Bertz CT molecular complexity index is 476. The van der Waals surface area contributed by atoms with E-state index < -0.39 is 15.9 Å². The van der Waals surface area contributed by atoms with Crippen LogP contribution >= 0.6 is 0 Å². The van der Waals surface area contributed by atoms with E-state index >= 15 is 0 Å². The van der Waals surface area contributed by atoms with Crippen LogP contribution in [0, 0.1) is 5.92 Å². The molecule has 0 aromatic carbocycles. The van der Waals surface area contributed by atoms with Gasteiger partial charge >= 0.3 is 0 Å². The largest absolute Gasteiger partial charge is 0.354 e. The number of amides is 2. The minimum atomic E-state index is -3.06. The number of nitrogens with one attached hydrogen (secondary N) is 3. The third kappa shape index (κ3) is 6.90. The molecule has 1 fully saturated rings. The van der Waals surface area contributed by atoms with Gasteiger partial charge in [0.25, 0.3) is 0 Å². The molecule has 21 heavy (non-hydrogen) atoms. The van der Waals surface area contributed by atoms with Gasteiger partial charge in [0.05, 0.1) is 11.5 Å². The summed E-state index contributed by atoms with van der Waals surface area (Å²) in [4.78, 5) is 23.6. The van der Waals surface area contributed by atoms with Gasteiger partial charge in [-0.1, -0.05) is 13.8 Å². The molecule has 2 atom stereocenters. The molecule has 0 aromatic heterocycles. The SMILES string of the molecule is CC(C)CNC(=O)C(C)NC(=O)CC1CS(=O)(=O)CCN1. The summed E-state index contributed by atoms with van der Waals surface area (Å²) in [5, 5.41) is 8.34. The summed E-state index contributed by atoms with van der Waals surface area (Å²) in [6.07, 6.45) is 0.0566. The van der Waals surface area contributed by atoms with Crippen LogP contribution in [-0.4, -0.2) is 56.9 Å². The van der Waals surface area contributed by atoms with E-state index in [4.69, 9.17) is 0 Å². The molecule has 1 saturated heterocycles. The molecule has 122 valence electrons. The van der Waals surface area contributed by atoms with Crippen molar-refractivity contribution in [2.75, 3.05) is 24.6 Å². The van der Waals surface area contributed by atoms with E-state index in [0.717, 1.165) is 0 Å². The quantitative estimate of drug-likeness (QED) is 0.585. The molecular weight excluding hydrogens is 294 g/mol. The molecule has 0 spiro atoms. The fourth-order valence-electron chi connectivity index (χ4n) is 2.05. The Hall–Kier alpha value is -1.15. The highest BCUT2D eigenvalue weighted by molar-refractivity contribution is 7.91. The van der Waals surface area contributed by atoms with Crippen molar-refractivity contribution in [3.63, 3.8) is 0 Å². The second-order valence-corrected chi connectivity index (χ2v) is 8.13. The molecule has 8 heteroatoms. The molecule has 1 aliphatic rings. The third-order valence-electron chi connectivity index (χ3n) is 3.19. The van der Waals surface area contributed by atoms with Gasteiger partial charge in [0.15, 0.2) is 9.84 Å². The molecule has 0 aliphatic carbocycles. The molecule has 3 N–H and O–H groups in total. The van der Waals surface area contributed by atoms with Crippen LogP contribution in [0.3, 0.4) is 0 Å². The molecule has 1 aliphatic heterocycles. The van der Waals surface area contributed by atoms with E-state index in [0.29, 0.717) is 19.0 Å². The van der Waals surface area contributed by atoms with E-state index in [1.54, 1.807) is 6.92 Å². The Labute approximate surface area is 126 Å². The second-order valence-electron chi connectivity index (χ2n) is 5.90. The Morgan fingerprint density at radius 1 is 1.29 bits per heavy atom. The molecule has 2 unspecified atom stereocenters. The summed E-state index contributed by atoms with van der Waals surface area (Å²) >= 11 is 0. The average molecular weight is 319 g/mol. The minimum absolute atomic E-state index is 0.0334. The Balaban J connectivity index is 2.37. The molecule has 2 amide bonds. The van der Waals surface area contributed by atoms with Crippen molar-refractivity contribution >= 4 is 21.7 Å². The van der Waals surface area contributed by atoms with E-state index in [9.17, 15) is 18.0 Å². The van der Waals surface area contributed by atoms with Gasteiger partial charge in [-0.3, -0.25) is 9.59 Å². The monoisotopic (exact) mass is 319 g/mol. The number of hydrogen-bond donors (Lipinski definition) is 3. The van der Waals surface area contributed by atoms with Gasteiger partial charge in [-0.15, -0.1) is 0 Å². The first-order chi connectivity index (χ1) is 9.69. The summed E-state index contributed by atoms with van der Waals surface area (Å²) < 4.78 is 23.0. The van der Waals surface area contributed by atoms with Crippen molar-refractivity contribution in [1.29, 1.82) is 0 Å². The zero-order valence-corrected chi connectivity index (χ0v) is 13.6. The predicted molar refractivity (Wildman–Crippen MR) is 80.5 cm³/mol. The fourth-order valence-corrected chi connectivity index (χ4v) is 3.49. The van der Waals surface area contributed by atoms with Gasteiger partial charge in [0.1, 0.15) is 6.04 Å². The molecule has 0 saturated carbocycles. The third-order valence-corrected chi connectivity index (χ3v) is 4.92. The van der Waals surface area contributed by atoms with Gasteiger partial charge in [-0.05, 0) is 12.8 Å². The molecule has 0 aromatic rings. The van der Waals surface area contributed by atoms with Crippen LogP contribution < -0.4 is 16.0 Å². The van der Waals surface area contributed by atoms with Crippen LogP contribution in [-0.2, 0) is 19.4 Å². The van der Waals surface area contributed by atoms with Gasteiger partial charge in [0.2, 0.25) is 11.8 Å². The molecule has 0 radical (unpaired) electrons. The smallest absolute Gasteiger partial charge is 0.242 e. The van der Waals surface area contributed by atoms with Crippen LogP contribution in [0.15, 0.2) is 0 Å². The number of carbonyl (C=O) groups is 2. The van der Waals surface area contributed by atoms with Gasteiger partial charge in [-0.2, -0.15) is 0 Å². The van der Waals surface area contributed by atoms with Crippen molar-refractivity contribution in [1.82, 2.24) is 16.0 Å². The van der Waals surface area contributed by atoms with Gasteiger partial charge in [-0.25, -0.2) is 8.42 Å². The van der Waals surface area contributed by atoms with Crippen LogP contribution in [0.1, 0.15) is 27.2 Å². The summed E-state index contributed by atoms with van der Waals surface area (Å²) in [6.45, 7) is 6.50. The first-order valence-corrected chi connectivity index (χ1v) is 9.02. The molecule has 1 heterocycles. The van der Waals surface area contributed by atoms with Crippen LogP contribution in [0.25, 0.3) is 0 Å². The highest BCUT2D eigenvalue weighted by Crippen LogP contribution is 2.05. The summed E-state index contributed by atoms with van der Waals surface area (Å²) in [5.41, 5.74) is 0. The number of sulfone groups is 1. The number of carbonyl (C=O) groups excluding carboxylic acids is 2. The van der Waals surface area contributed by atoms with Crippen LogP contribution in [0.2, 0.25) is 0 Å². The summed E-state index contributed by atoms with van der Waals surface area (Å²) in [6, 6.07) is -1.01. The lowest BCUT2D eigenvalue weighted by Crippen LogP contribution is -2.50. The minimum Gasteiger partial charge on any atom is -0.354 e. The second kappa shape index (κ2) is 7.74. The normalized spacial score (nSPS) is 22.6. The molecule has 7 nitrogen and oxygen atoms in total. The lowest BCUT2D eigenvalue weighted by Gasteiger charge is -2.23. The van der Waals surface area contributed by atoms with Crippen molar-refractivity contribution in [2.24, 2.45) is 5.92 Å². The maximum absolute atomic E-state index is 11.8. The maximum Gasteiger partial charge on any atom is 0.242 e. The summed E-state index contributed by atoms with van der Waals surface area (Å²) in [5.74, 6) is -0.139. The first kappa shape index (κ1) is 17.9. The van der Waals surface area contributed by atoms with E-state index in [2.05, 4.69) is 16.0 Å². The van der Waals surface area contributed by atoms with Crippen LogP contribution in [0.5, 0.6) is 0 Å². The molecular formula is C13H25N3O4S. The van der Waals surface area contributed by atoms with Crippen molar-refractivity contribution in [3.05, 3.63) is 0 Å². The average Bonchev–Trinajstić information content (AvgIpc) is 2.34. The van der Waals surface area contributed by atoms with Crippen molar-refractivity contribution in [3.8, 4) is 0 Å². The maximum atomic E-state index is 11.8. The predicted octanol–water partition coefficient (Wildman–Crippen LogP) is -0.960. The lowest BCUT2D eigenvalue weighted by atomic mass is 10.2. The van der Waals surface area contributed by atoms with E-state index in [1.807, 2.05) is 13.8 Å². The Kier molecular flexibility index (Phi) is 6.60. The lowest BCUT2D eigenvalue weighted by molar-refractivity contribution is -0.128. The van der Waals surface area contributed by atoms with Gasteiger partial charge < -0.3 is 16.0 Å². The summed E-state index contributed by atoms with van der Waals surface area (Å²) in [7, 11) is -3.06. The zero-order valence-electron chi connectivity index (χ0n) is 12.8. The van der Waals surface area contributed by atoms with Crippen molar-refractivity contribution < 1.29 is 18.0 Å². The van der Waals surface area contributed by atoms with Crippen molar-refractivity contribution in [2.45, 2.75) is 39.3 Å². The number of hydrogen-bond acceptors (Lipinski definition) is 5.